The first-order valence-electron chi connectivity index (χ1n) is 6.02. The van der Waals surface area contributed by atoms with Crippen molar-refractivity contribution in [2.75, 3.05) is 13.2 Å². The molecule has 1 saturated heterocycles. The van der Waals surface area contributed by atoms with Crippen LogP contribution in [0.2, 0.25) is 4.34 Å². The summed E-state index contributed by atoms with van der Waals surface area (Å²) >= 11 is 11.0. The maximum atomic E-state index is 5.99. The molecule has 1 aromatic rings. The highest BCUT2D eigenvalue weighted by atomic mass is 79.9. The molecule has 2 heterocycles. The summed E-state index contributed by atoms with van der Waals surface area (Å²) in [6.07, 6.45) is 5.34. The predicted octanol–water partition coefficient (Wildman–Crippen LogP) is 4.21. The lowest BCUT2D eigenvalue weighted by atomic mass is 10.1. The van der Waals surface area contributed by atoms with Crippen LogP contribution in [-0.2, 0) is 11.3 Å². The van der Waals surface area contributed by atoms with Crippen molar-refractivity contribution >= 4 is 38.9 Å². The Labute approximate surface area is 120 Å². The van der Waals surface area contributed by atoms with Gasteiger partial charge in [0.1, 0.15) is 4.34 Å². The van der Waals surface area contributed by atoms with Crippen LogP contribution in [0.4, 0.5) is 0 Å². The highest BCUT2D eigenvalue weighted by Crippen LogP contribution is 2.31. The molecule has 1 unspecified atom stereocenters. The van der Waals surface area contributed by atoms with Gasteiger partial charge in [-0.15, -0.1) is 11.3 Å². The molecule has 0 spiro atoms. The molecule has 0 radical (unpaired) electrons. The van der Waals surface area contributed by atoms with Gasteiger partial charge in [-0.2, -0.15) is 0 Å². The van der Waals surface area contributed by atoms with Crippen molar-refractivity contribution in [3.8, 4) is 0 Å². The van der Waals surface area contributed by atoms with Crippen LogP contribution in [0.25, 0.3) is 0 Å². The Morgan fingerprint density at radius 1 is 1.53 bits per heavy atom. The molecule has 0 aromatic carbocycles. The van der Waals surface area contributed by atoms with Crippen molar-refractivity contribution in [3.63, 3.8) is 0 Å². The summed E-state index contributed by atoms with van der Waals surface area (Å²) in [5.74, 6) is 0. The average molecular weight is 339 g/mol. The van der Waals surface area contributed by atoms with Crippen LogP contribution >= 0.6 is 38.9 Å². The van der Waals surface area contributed by atoms with E-state index < -0.39 is 0 Å². The van der Waals surface area contributed by atoms with Crippen LogP contribution in [-0.4, -0.2) is 19.3 Å². The molecule has 17 heavy (non-hydrogen) atoms. The summed E-state index contributed by atoms with van der Waals surface area (Å²) in [6.45, 7) is 2.85. The molecule has 1 atom stereocenters. The van der Waals surface area contributed by atoms with Gasteiger partial charge in [-0.05, 0) is 54.2 Å². The molecule has 0 saturated carbocycles. The highest BCUT2D eigenvalue weighted by Gasteiger charge is 2.12. The van der Waals surface area contributed by atoms with E-state index in [-0.39, 0.29) is 0 Å². The van der Waals surface area contributed by atoms with Gasteiger partial charge in [0.2, 0.25) is 0 Å². The first kappa shape index (κ1) is 13.8. The van der Waals surface area contributed by atoms with E-state index >= 15 is 0 Å². The largest absolute Gasteiger partial charge is 0.378 e. The van der Waals surface area contributed by atoms with E-state index in [1.807, 2.05) is 0 Å². The fourth-order valence-corrected chi connectivity index (χ4v) is 3.75. The average Bonchev–Trinajstić information content (AvgIpc) is 2.66. The molecule has 96 valence electrons. The number of hydrogen-bond acceptors (Lipinski definition) is 3. The Hall–Kier alpha value is 0.390. The molecule has 2 rings (SSSR count). The zero-order valence-corrected chi connectivity index (χ0v) is 12.8. The molecule has 1 aliphatic rings. The number of thiophene rings is 1. The summed E-state index contributed by atoms with van der Waals surface area (Å²) < 4.78 is 7.52. The van der Waals surface area contributed by atoms with Crippen LogP contribution in [0.1, 0.15) is 30.6 Å². The standard InChI is InChI=1S/C12H17BrClNOS/c13-11-7-10(17-12(11)14)8-15-5-4-9-3-1-2-6-16-9/h7,9,15H,1-6,8H2. The lowest BCUT2D eigenvalue weighted by molar-refractivity contribution is 0.0115. The minimum atomic E-state index is 0.468. The molecule has 5 heteroatoms. The molecule has 1 aromatic heterocycles. The van der Waals surface area contributed by atoms with Gasteiger partial charge >= 0.3 is 0 Å². The van der Waals surface area contributed by atoms with Gasteiger partial charge in [0.05, 0.1) is 6.10 Å². The Morgan fingerprint density at radius 3 is 3.06 bits per heavy atom. The van der Waals surface area contributed by atoms with Gasteiger partial charge in [-0.25, -0.2) is 0 Å². The molecule has 2 nitrogen and oxygen atoms in total. The van der Waals surface area contributed by atoms with Crippen molar-refractivity contribution in [2.45, 2.75) is 38.3 Å². The van der Waals surface area contributed by atoms with Gasteiger partial charge in [-0.1, -0.05) is 11.6 Å². The second kappa shape index (κ2) is 7.10. The third kappa shape index (κ3) is 4.52. The Kier molecular flexibility index (Phi) is 5.77. The molecule has 0 amide bonds. The summed E-state index contributed by atoms with van der Waals surface area (Å²) in [4.78, 5) is 1.27. The summed E-state index contributed by atoms with van der Waals surface area (Å²) in [7, 11) is 0. The van der Waals surface area contributed by atoms with Crippen LogP contribution < -0.4 is 5.32 Å². The van der Waals surface area contributed by atoms with Crippen molar-refractivity contribution in [3.05, 3.63) is 19.8 Å². The first-order chi connectivity index (χ1) is 8.25. The van der Waals surface area contributed by atoms with Crippen molar-refractivity contribution in [1.29, 1.82) is 0 Å². The molecule has 0 bridgehead atoms. The lowest BCUT2D eigenvalue weighted by Crippen LogP contribution is -2.24. The molecule has 1 fully saturated rings. The van der Waals surface area contributed by atoms with E-state index in [9.17, 15) is 0 Å². The predicted molar refractivity (Wildman–Crippen MR) is 76.9 cm³/mol. The Bertz CT molecular complexity index is 333. The maximum Gasteiger partial charge on any atom is 0.107 e. The van der Waals surface area contributed by atoms with E-state index in [0.717, 1.165) is 34.9 Å². The molecular weight excluding hydrogens is 322 g/mol. The summed E-state index contributed by atoms with van der Waals surface area (Å²) in [5, 5.41) is 3.44. The number of halogens is 2. The summed E-state index contributed by atoms with van der Waals surface area (Å²) in [6, 6.07) is 2.08. The lowest BCUT2D eigenvalue weighted by Gasteiger charge is -2.22. The number of rotatable bonds is 5. The number of hydrogen-bond donors (Lipinski definition) is 1. The Balaban J connectivity index is 1.62. The fourth-order valence-electron chi connectivity index (χ4n) is 1.99. The van der Waals surface area contributed by atoms with E-state index in [4.69, 9.17) is 16.3 Å². The number of ether oxygens (including phenoxy) is 1. The van der Waals surface area contributed by atoms with Gasteiger partial charge in [0, 0.05) is 22.5 Å². The van der Waals surface area contributed by atoms with Crippen LogP contribution in [0.3, 0.4) is 0 Å². The zero-order valence-electron chi connectivity index (χ0n) is 9.68. The van der Waals surface area contributed by atoms with E-state index in [2.05, 4.69) is 27.3 Å². The fraction of sp³-hybridized carbons (Fsp3) is 0.667. The second-order valence-electron chi connectivity index (χ2n) is 4.29. The van der Waals surface area contributed by atoms with Gasteiger partial charge in [-0.3, -0.25) is 0 Å². The van der Waals surface area contributed by atoms with E-state index in [1.54, 1.807) is 11.3 Å². The first-order valence-corrected chi connectivity index (χ1v) is 8.00. The highest BCUT2D eigenvalue weighted by molar-refractivity contribution is 9.10. The third-order valence-electron chi connectivity index (χ3n) is 2.91. The van der Waals surface area contributed by atoms with Crippen molar-refractivity contribution in [1.82, 2.24) is 5.32 Å². The quantitative estimate of drug-likeness (QED) is 0.812. The number of nitrogens with one attached hydrogen (secondary N) is 1. The zero-order chi connectivity index (χ0) is 12.1. The maximum absolute atomic E-state index is 5.99. The molecule has 0 aliphatic carbocycles. The second-order valence-corrected chi connectivity index (χ2v) is 6.88. The van der Waals surface area contributed by atoms with E-state index in [1.165, 1.54) is 24.1 Å². The normalized spacial score (nSPS) is 20.7. The molecule has 1 aliphatic heterocycles. The van der Waals surface area contributed by atoms with Gasteiger partial charge in [0.15, 0.2) is 0 Å². The SMILES string of the molecule is Clc1sc(CNCCC2CCCCO2)cc1Br. The van der Waals surface area contributed by atoms with Crippen molar-refractivity contribution < 1.29 is 4.74 Å². The van der Waals surface area contributed by atoms with Crippen molar-refractivity contribution in [2.24, 2.45) is 0 Å². The van der Waals surface area contributed by atoms with Crippen LogP contribution in [0.5, 0.6) is 0 Å². The topological polar surface area (TPSA) is 21.3 Å². The minimum absolute atomic E-state index is 0.468. The van der Waals surface area contributed by atoms with Crippen LogP contribution in [0.15, 0.2) is 10.5 Å². The third-order valence-corrected chi connectivity index (χ3v) is 5.39. The minimum Gasteiger partial charge on any atom is -0.378 e. The van der Waals surface area contributed by atoms with Gasteiger partial charge < -0.3 is 10.1 Å². The molecular formula is C12H17BrClNOS. The smallest absolute Gasteiger partial charge is 0.107 e. The monoisotopic (exact) mass is 337 g/mol. The van der Waals surface area contributed by atoms with Gasteiger partial charge in [0.25, 0.3) is 0 Å². The summed E-state index contributed by atoms with van der Waals surface area (Å²) in [5.41, 5.74) is 0. The van der Waals surface area contributed by atoms with Crippen LogP contribution in [0, 0.1) is 0 Å². The van der Waals surface area contributed by atoms with E-state index in [0.29, 0.717) is 6.10 Å². The Morgan fingerprint density at radius 2 is 2.41 bits per heavy atom. The molecule has 1 N–H and O–H groups in total.